The van der Waals surface area contributed by atoms with E-state index in [9.17, 15) is 23.3 Å². The number of sulfonamides is 1. The summed E-state index contributed by atoms with van der Waals surface area (Å²) < 4.78 is 27.4. The Kier molecular flexibility index (Phi) is 8.91. The van der Waals surface area contributed by atoms with Gasteiger partial charge in [-0.2, -0.15) is 11.8 Å². The van der Waals surface area contributed by atoms with Crippen molar-refractivity contribution in [1.82, 2.24) is 5.32 Å². The van der Waals surface area contributed by atoms with Crippen LogP contribution in [0.15, 0.2) is 83.8 Å². The number of amides is 1. The molecule has 0 radical (unpaired) electrons. The van der Waals surface area contributed by atoms with Crippen LogP contribution >= 0.6 is 23.4 Å². The summed E-state index contributed by atoms with van der Waals surface area (Å²) in [5.74, 6) is 0.813. The second-order valence-electron chi connectivity index (χ2n) is 7.13. The third kappa shape index (κ3) is 6.96. The van der Waals surface area contributed by atoms with Crippen molar-refractivity contribution in [2.75, 3.05) is 23.1 Å². The van der Waals surface area contributed by atoms with Gasteiger partial charge in [0.15, 0.2) is 0 Å². The minimum atomic E-state index is -4.13. The van der Waals surface area contributed by atoms with Gasteiger partial charge >= 0.3 is 0 Å². The molecule has 0 aromatic heterocycles. The first-order chi connectivity index (χ1) is 16.3. The van der Waals surface area contributed by atoms with Gasteiger partial charge in [-0.25, -0.2) is 8.42 Å². The minimum absolute atomic E-state index is 0.0219. The van der Waals surface area contributed by atoms with Crippen LogP contribution in [0.4, 0.5) is 11.4 Å². The number of hydrogen-bond acceptors (Lipinski definition) is 6. The minimum Gasteiger partial charge on any atom is -0.354 e. The normalized spacial score (nSPS) is 11.1. The number of nitro benzene ring substituents is 1. The van der Waals surface area contributed by atoms with Crippen molar-refractivity contribution in [3.63, 3.8) is 0 Å². The van der Waals surface area contributed by atoms with E-state index in [1.807, 2.05) is 18.2 Å². The smallest absolute Gasteiger partial charge is 0.271 e. The number of benzene rings is 3. The van der Waals surface area contributed by atoms with Crippen LogP contribution in [-0.2, 0) is 20.6 Å². The van der Waals surface area contributed by atoms with Crippen molar-refractivity contribution in [2.45, 2.75) is 10.6 Å². The van der Waals surface area contributed by atoms with Crippen LogP contribution in [0, 0.1) is 10.1 Å². The Hall–Kier alpha value is -3.08. The number of carbonyl (C=O) groups excluding carboxylic acids is 1. The lowest BCUT2D eigenvalue weighted by molar-refractivity contribution is -0.384. The first kappa shape index (κ1) is 25.5. The highest BCUT2D eigenvalue weighted by Crippen LogP contribution is 2.26. The number of carbonyl (C=O) groups is 1. The highest BCUT2D eigenvalue weighted by atomic mass is 35.5. The Morgan fingerprint density at radius 2 is 1.76 bits per heavy atom. The number of nitro groups is 1. The van der Waals surface area contributed by atoms with Crippen LogP contribution < -0.4 is 9.62 Å². The van der Waals surface area contributed by atoms with E-state index in [2.05, 4.69) is 5.32 Å². The van der Waals surface area contributed by atoms with E-state index in [1.54, 1.807) is 36.0 Å². The first-order valence-electron chi connectivity index (χ1n) is 10.2. The standard InChI is InChI=1S/C23H22ClN3O5S2/c24-19-7-4-6-18(14-19)17-33-13-12-25-23(28)16-26(20-8-5-9-21(15-20)27(29)30)34(31,32)22-10-2-1-3-11-22/h1-11,14-15H,12-13,16-17H2,(H,25,28). The van der Waals surface area contributed by atoms with Crippen molar-refractivity contribution >= 4 is 50.7 Å². The summed E-state index contributed by atoms with van der Waals surface area (Å²) in [6.45, 7) is -0.185. The summed E-state index contributed by atoms with van der Waals surface area (Å²) in [5, 5.41) is 14.6. The Labute approximate surface area is 207 Å². The van der Waals surface area contributed by atoms with E-state index in [0.29, 0.717) is 17.3 Å². The molecule has 3 aromatic carbocycles. The van der Waals surface area contributed by atoms with E-state index in [1.165, 1.54) is 30.3 Å². The quantitative estimate of drug-likeness (QED) is 0.227. The molecule has 0 aliphatic heterocycles. The lowest BCUT2D eigenvalue weighted by Crippen LogP contribution is -2.41. The summed E-state index contributed by atoms with van der Waals surface area (Å²) in [4.78, 5) is 23.2. The van der Waals surface area contributed by atoms with Gasteiger partial charge in [-0.3, -0.25) is 19.2 Å². The molecule has 11 heteroatoms. The molecule has 178 valence electrons. The zero-order chi connectivity index (χ0) is 24.6. The Bertz CT molecular complexity index is 1260. The van der Waals surface area contributed by atoms with Crippen molar-refractivity contribution in [1.29, 1.82) is 0 Å². The van der Waals surface area contributed by atoms with Crippen LogP contribution in [0.2, 0.25) is 5.02 Å². The number of hydrogen-bond donors (Lipinski definition) is 1. The highest BCUT2D eigenvalue weighted by molar-refractivity contribution is 7.98. The van der Waals surface area contributed by atoms with Gasteiger partial charge < -0.3 is 5.32 Å². The van der Waals surface area contributed by atoms with Crippen molar-refractivity contribution in [3.8, 4) is 0 Å². The fraction of sp³-hybridized carbons (Fsp3) is 0.174. The molecule has 3 aromatic rings. The van der Waals surface area contributed by atoms with E-state index in [-0.39, 0.29) is 16.3 Å². The lowest BCUT2D eigenvalue weighted by Gasteiger charge is -2.24. The van der Waals surface area contributed by atoms with Gasteiger partial charge in [-0.05, 0) is 35.9 Å². The molecule has 0 saturated heterocycles. The van der Waals surface area contributed by atoms with Crippen LogP contribution in [-0.4, -0.2) is 38.1 Å². The molecule has 0 unspecified atom stereocenters. The Balaban J connectivity index is 1.68. The molecule has 0 saturated carbocycles. The largest absolute Gasteiger partial charge is 0.354 e. The lowest BCUT2D eigenvalue weighted by atomic mass is 10.2. The molecule has 0 aliphatic rings. The van der Waals surface area contributed by atoms with E-state index < -0.39 is 27.4 Å². The fourth-order valence-electron chi connectivity index (χ4n) is 3.06. The molecule has 0 aliphatic carbocycles. The third-order valence-electron chi connectivity index (χ3n) is 4.67. The first-order valence-corrected chi connectivity index (χ1v) is 13.2. The van der Waals surface area contributed by atoms with Crippen LogP contribution in [0.5, 0.6) is 0 Å². The summed E-state index contributed by atoms with van der Waals surface area (Å²) in [6, 6.07) is 20.3. The van der Waals surface area contributed by atoms with Gasteiger partial charge in [0, 0.05) is 35.2 Å². The van der Waals surface area contributed by atoms with Gasteiger partial charge in [0.2, 0.25) is 5.91 Å². The van der Waals surface area contributed by atoms with Crippen LogP contribution in [0.25, 0.3) is 0 Å². The molecule has 0 fully saturated rings. The van der Waals surface area contributed by atoms with Gasteiger partial charge in [0.1, 0.15) is 6.54 Å². The molecule has 3 rings (SSSR count). The van der Waals surface area contributed by atoms with E-state index in [4.69, 9.17) is 11.6 Å². The number of nitrogens with zero attached hydrogens (tertiary/aromatic N) is 2. The molecule has 0 atom stereocenters. The average molecular weight is 520 g/mol. The molecular weight excluding hydrogens is 498 g/mol. The monoisotopic (exact) mass is 519 g/mol. The fourth-order valence-corrected chi connectivity index (χ4v) is 5.51. The van der Waals surface area contributed by atoms with Gasteiger partial charge in [0.25, 0.3) is 15.7 Å². The second-order valence-corrected chi connectivity index (χ2v) is 10.5. The number of nitrogens with one attached hydrogen (secondary N) is 1. The molecule has 8 nitrogen and oxygen atoms in total. The molecular formula is C23H22ClN3O5S2. The number of thioether (sulfide) groups is 1. The Morgan fingerprint density at radius 3 is 2.47 bits per heavy atom. The maximum atomic E-state index is 13.3. The van der Waals surface area contributed by atoms with Crippen molar-refractivity contribution < 1.29 is 18.1 Å². The third-order valence-corrected chi connectivity index (χ3v) is 7.73. The van der Waals surface area contributed by atoms with Gasteiger partial charge in [-0.1, -0.05) is 48.0 Å². The molecule has 0 heterocycles. The molecule has 1 N–H and O–H groups in total. The number of rotatable bonds is 11. The number of anilines is 1. The molecule has 0 bridgehead atoms. The topological polar surface area (TPSA) is 110 Å². The average Bonchev–Trinajstić information content (AvgIpc) is 2.83. The van der Waals surface area contributed by atoms with Crippen LogP contribution in [0.3, 0.4) is 0 Å². The predicted molar refractivity (Wildman–Crippen MR) is 135 cm³/mol. The maximum Gasteiger partial charge on any atom is 0.271 e. The number of non-ortho nitro benzene ring substituents is 1. The van der Waals surface area contributed by atoms with Gasteiger partial charge in [-0.15, -0.1) is 0 Å². The molecule has 1 amide bonds. The molecule has 0 spiro atoms. The van der Waals surface area contributed by atoms with Crippen molar-refractivity contribution in [3.05, 3.63) is 99.6 Å². The van der Waals surface area contributed by atoms with Crippen LogP contribution in [0.1, 0.15) is 5.56 Å². The zero-order valence-corrected chi connectivity index (χ0v) is 20.4. The summed E-state index contributed by atoms with van der Waals surface area (Å²) in [6.07, 6.45) is 0. The Morgan fingerprint density at radius 1 is 1.03 bits per heavy atom. The predicted octanol–water partition coefficient (Wildman–Crippen LogP) is 4.49. The highest BCUT2D eigenvalue weighted by Gasteiger charge is 2.28. The SMILES string of the molecule is O=C(CN(c1cccc([N+](=O)[O-])c1)S(=O)(=O)c1ccccc1)NCCSCc1cccc(Cl)c1. The molecule has 34 heavy (non-hydrogen) atoms. The summed E-state index contributed by atoms with van der Waals surface area (Å²) in [7, 11) is -4.13. The second kappa shape index (κ2) is 11.9. The van der Waals surface area contributed by atoms with E-state index in [0.717, 1.165) is 21.7 Å². The summed E-state index contributed by atoms with van der Waals surface area (Å²) in [5.41, 5.74) is 0.821. The summed E-state index contributed by atoms with van der Waals surface area (Å²) >= 11 is 7.58. The number of halogens is 1. The van der Waals surface area contributed by atoms with Gasteiger partial charge in [0.05, 0.1) is 15.5 Å². The maximum absolute atomic E-state index is 13.3. The van der Waals surface area contributed by atoms with E-state index >= 15 is 0 Å². The van der Waals surface area contributed by atoms with Crippen molar-refractivity contribution in [2.24, 2.45) is 0 Å². The zero-order valence-electron chi connectivity index (χ0n) is 18.0.